The highest BCUT2D eigenvalue weighted by Gasteiger charge is 2.41. The summed E-state index contributed by atoms with van der Waals surface area (Å²) in [6.45, 7) is 8.79. The maximum Gasteiger partial charge on any atom is 0.410 e. The van der Waals surface area contributed by atoms with Gasteiger partial charge in [0.05, 0.1) is 12.9 Å². The van der Waals surface area contributed by atoms with Crippen molar-refractivity contribution in [2.75, 3.05) is 6.54 Å². The van der Waals surface area contributed by atoms with Crippen molar-refractivity contribution < 1.29 is 14.3 Å². The summed E-state index contributed by atoms with van der Waals surface area (Å²) < 4.78 is 8.76. The summed E-state index contributed by atoms with van der Waals surface area (Å²) in [4.78, 5) is 59.5. The Morgan fingerprint density at radius 3 is 2.40 bits per heavy atom. The molecular weight excluding hydrogens is 536 g/mol. The standard InChI is InChI=1S/C31H36N6O5/c1-5-35-19-33-26-25(35)28(39)34-29(40)37(26)17-21-13-11-20(12-14-21)16-32-27(38)24-15-23(22-9-7-6-8-10-22)18-36(24)30(41)42-31(2,3)4/h6-14,19,23-24H,5,15-18H2,1-4H3,(H,32,38)(H,34,39,40)/t23-,24+/m1/s1. The smallest absolute Gasteiger partial charge is 0.410 e. The number of likely N-dealkylation sites (tertiary alicyclic amines) is 1. The number of fused-ring (bicyclic) bond motifs is 1. The molecular formula is C31H36N6O5. The predicted molar refractivity (Wildman–Crippen MR) is 158 cm³/mol. The summed E-state index contributed by atoms with van der Waals surface area (Å²) >= 11 is 0. The molecule has 1 aliphatic heterocycles. The zero-order valence-corrected chi connectivity index (χ0v) is 24.3. The Hall–Kier alpha value is -4.67. The lowest BCUT2D eigenvalue weighted by molar-refractivity contribution is -0.125. The fourth-order valence-electron chi connectivity index (χ4n) is 5.33. The first-order valence-corrected chi connectivity index (χ1v) is 14.1. The fraction of sp³-hybridized carbons (Fsp3) is 0.387. The van der Waals surface area contributed by atoms with Crippen LogP contribution in [0.4, 0.5) is 4.79 Å². The van der Waals surface area contributed by atoms with Crippen LogP contribution >= 0.6 is 0 Å². The number of carbonyl (C=O) groups is 2. The average Bonchev–Trinajstić information content (AvgIpc) is 3.60. The molecule has 0 aliphatic carbocycles. The van der Waals surface area contributed by atoms with E-state index in [-0.39, 0.29) is 24.9 Å². The molecule has 0 saturated carbocycles. The molecule has 1 aliphatic rings. The number of nitrogens with one attached hydrogen (secondary N) is 2. The molecule has 1 fully saturated rings. The summed E-state index contributed by atoms with van der Waals surface area (Å²) in [7, 11) is 0. The Balaban J connectivity index is 1.27. The second kappa shape index (κ2) is 11.7. The van der Waals surface area contributed by atoms with Crippen molar-refractivity contribution in [2.24, 2.45) is 0 Å². The Morgan fingerprint density at radius 2 is 1.74 bits per heavy atom. The number of amides is 2. The van der Waals surface area contributed by atoms with Crippen LogP contribution < -0.4 is 16.6 Å². The number of aryl methyl sites for hydroxylation is 1. The zero-order valence-electron chi connectivity index (χ0n) is 24.3. The van der Waals surface area contributed by atoms with Gasteiger partial charge in [0.1, 0.15) is 11.6 Å². The second-order valence-electron chi connectivity index (χ2n) is 11.6. The van der Waals surface area contributed by atoms with Crippen molar-refractivity contribution in [2.45, 2.75) is 71.3 Å². The maximum atomic E-state index is 13.4. The first-order chi connectivity index (χ1) is 20.0. The van der Waals surface area contributed by atoms with Gasteiger partial charge in [-0.05, 0) is 50.8 Å². The summed E-state index contributed by atoms with van der Waals surface area (Å²) in [6.07, 6.45) is 1.56. The van der Waals surface area contributed by atoms with E-state index in [1.165, 1.54) is 9.47 Å². The summed E-state index contributed by atoms with van der Waals surface area (Å²) in [5, 5.41) is 2.98. The maximum absolute atomic E-state index is 13.4. The van der Waals surface area contributed by atoms with Crippen molar-refractivity contribution in [1.82, 2.24) is 29.3 Å². The predicted octanol–water partition coefficient (Wildman–Crippen LogP) is 3.36. The van der Waals surface area contributed by atoms with Crippen molar-refractivity contribution in [3.63, 3.8) is 0 Å². The molecule has 42 heavy (non-hydrogen) atoms. The largest absolute Gasteiger partial charge is 0.444 e. The molecule has 2 N–H and O–H groups in total. The van der Waals surface area contributed by atoms with Crippen LogP contribution in [0.2, 0.25) is 0 Å². The van der Waals surface area contributed by atoms with E-state index >= 15 is 0 Å². The van der Waals surface area contributed by atoms with Gasteiger partial charge in [-0.1, -0.05) is 54.6 Å². The summed E-state index contributed by atoms with van der Waals surface area (Å²) in [5.41, 5.74) is 1.82. The molecule has 3 heterocycles. The molecule has 0 unspecified atom stereocenters. The monoisotopic (exact) mass is 572 g/mol. The Morgan fingerprint density at radius 1 is 1.05 bits per heavy atom. The van der Waals surface area contributed by atoms with Crippen LogP contribution in [0.25, 0.3) is 11.2 Å². The van der Waals surface area contributed by atoms with Crippen molar-refractivity contribution in [1.29, 1.82) is 0 Å². The van der Waals surface area contributed by atoms with E-state index in [2.05, 4.69) is 15.3 Å². The van der Waals surface area contributed by atoms with Crippen LogP contribution in [0.5, 0.6) is 0 Å². The minimum absolute atomic E-state index is 0.0280. The van der Waals surface area contributed by atoms with E-state index in [9.17, 15) is 19.2 Å². The van der Waals surface area contributed by atoms with Crippen LogP contribution in [0.15, 0.2) is 70.5 Å². The molecule has 2 aromatic heterocycles. The number of ether oxygens (including phenoxy) is 1. The molecule has 11 heteroatoms. The number of carbonyl (C=O) groups excluding carboxylic acids is 2. The first-order valence-electron chi connectivity index (χ1n) is 14.1. The van der Waals surface area contributed by atoms with Crippen LogP contribution in [0.1, 0.15) is 56.7 Å². The van der Waals surface area contributed by atoms with Gasteiger partial charge in [-0.25, -0.2) is 14.6 Å². The van der Waals surface area contributed by atoms with Crippen LogP contribution in [-0.4, -0.2) is 54.2 Å². The molecule has 2 amide bonds. The van der Waals surface area contributed by atoms with Gasteiger partial charge in [0.25, 0.3) is 5.56 Å². The highest BCUT2D eigenvalue weighted by molar-refractivity contribution is 5.86. The Kier molecular flexibility index (Phi) is 8.02. The summed E-state index contributed by atoms with van der Waals surface area (Å²) in [6, 6.07) is 16.7. The highest BCUT2D eigenvalue weighted by atomic mass is 16.6. The first kappa shape index (κ1) is 28.8. The molecule has 11 nitrogen and oxygen atoms in total. The van der Waals surface area contributed by atoms with Gasteiger partial charge >= 0.3 is 11.8 Å². The Labute approximate surface area is 243 Å². The topological polar surface area (TPSA) is 131 Å². The van der Waals surface area contributed by atoms with E-state index in [1.807, 2.05) is 82.3 Å². The highest BCUT2D eigenvalue weighted by Crippen LogP contribution is 2.33. The van der Waals surface area contributed by atoms with E-state index in [4.69, 9.17) is 4.74 Å². The minimum Gasteiger partial charge on any atom is -0.444 e. The average molecular weight is 573 g/mol. The van der Waals surface area contributed by atoms with E-state index in [0.29, 0.717) is 30.7 Å². The number of aromatic amines is 1. The van der Waals surface area contributed by atoms with Gasteiger partial charge < -0.3 is 14.6 Å². The van der Waals surface area contributed by atoms with Gasteiger partial charge in [-0.15, -0.1) is 0 Å². The number of hydrogen-bond acceptors (Lipinski definition) is 6. The molecule has 5 rings (SSSR count). The molecule has 2 atom stereocenters. The van der Waals surface area contributed by atoms with E-state index in [1.54, 1.807) is 10.9 Å². The summed E-state index contributed by atoms with van der Waals surface area (Å²) in [5.74, 6) is -0.211. The third-order valence-corrected chi connectivity index (χ3v) is 7.43. The quantitative estimate of drug-likeness (QED) is 0.349. The third-order valence-electron chi connectivity index (χ3n) is 7.43. The molecule has 1 saturated heterocycles. The number of rotatable bonds is 7. The normalized spacial score (nSPS) is 17.0. The fourth-order valence-corrected chi connectivity index (χ4v) is 5.33. The van der Waals surface area contributed by atoms with E-state index in [0.717, 1.165) is 16.7 Å². The van der Waals surface area contributed by atoms with Crippen LogP contribution in [-0.2, 0) is 29.2 Å². The number of nitrogens with zero attached hydrogens (tertiary/aromatic N) is 4. The molecule has 4 aromatic rings. The SMILES string of the molecule is CCn1cnc2c1c(=O)[nH]c(=O)n2Cc1ccc(CNC(=O)[C@@H]2C[C@@H](c3ccccc3)CN2C(=O)OC(C)(C)C)cc1. The van der Waals surface area contributed by atoms with Gasteiger partial charge in [-0.2, -0.15) is 0 Å². The van der Waals surface area contributed by atoms with Gasteiger partial charge in [0, 0.05) is 25.6 Å². The third kappa shape index (κ3) is 6.14. The van der Waals surface area contributed by atoms with Crippen LogP contribution in [0.3, 0.4) is 0 Å². The molecule has 0 bridgehead atoms. The van der Waals surface area contributed by atoms with Gasteiger partial charge in [0.15, 0.2) is 11.2 Å². The Bertz CT molecular complexity index is 1700. The lowest BCUT2D eigenvalue weighted by Gasteiger charge is -2.28. The van der Waals surface area contributed by atoms with Gasteiger partial charge in [-0.3, -0.25) is 24.0 Å². The zero-order chi connectivity index (χ0) is 30.0. The number of hydrogen-bond donors (Lipinski definition) is 2. The lowest BCUT2D eigenvalue weighted by Crippen LogP contribution is -2.47. The minimum atomic E-state index is -0.674. The van der Waals surface area contributed by atoms with Crippen molar-refractivity contribution in [3.05, 3.63) is 98.5 Å². The number of aromatic nitrogens is 4. The number of benzene rings is 2. The number of H-pyrrole nitrogens is 1. The lowest BCUT2D eigenvalue weighted by atomic mass is 9.96. The van der Waals surface area contributed by atoms with Crippen molar-refractivity contribution in [3.8, 4) is 0 Å². The van der Waals surface area contributed by atoms with Crippen LogP contribution in [0, 0.1) is 0 Å². The van der Waals surface area contributed by atoms with Crippen molar-refractivity contribution >= 4 is 23.2 Å². The molecule has 2 aromatic carbocycles. The van der Waals surface area contributed by atoms with E-state index < -0.39 is 29.0 Å². The van der Waals surface area contributed by atoms with Gasteiger partial charge in [0.2, 0.25) is 5.91 Å². The second-order valence-corrected chi connectivity index (χ2v) is 11.6. The molecule has 220 valence electrons. The molecule has 0 spiro atoms. The molecule has 0 radical (unpaired) electrons. The number of imidazole rings is 1.